The number of sulfonamides is 1. The Morgan fingerprint density at radius 1 is 1.37 bits per heavy atom. The standard InChI is InChI=1S/C12H13BrN2O3S/c1-18-12-11(13)9-6-4-3-5-8(9)10(7-14)15(12)19(2,16)17/h3-6,10-12H,1-2H3. The van der Waals surface area contributed by atoms with Crippen molar-refractivity contribution in [3.8, 4) is 6.07 Å². The molecule has 3 atom stereocenters. The third kappa shape index (κ3) is 2.41. The molecule has 19 heavy (non-hydrogen) atoms. The maximum Gasteiger partial charge on any atom is 0.214 e. The summed E-state index contributed by atoms with van der Waals surface area (Å²) < 4.78 is 30.3. The molecule has 2 rings (SSSR count). The number of hydrogen-bond acceptors (Lipinski definition) is 4. The van der Waals surface area contributed by atoms with Crippen molar-refractivity contribution in [3.05, 3.63) is 35.4 Å². The van der Waals surface area contributed by atoms with Gasteiger partial charge in [-0.05, 0) is 11.1 Å². The molecule has 0 aromatic heterocycles. The van der Waals surface area contributed by atoms with Crippen molar-refractivity contribution in [2.75, 3.05) is 13.4 Å². The lowest BCUT2D eigenvalue weighted by atomic mass is 9.94. The van der Waals surface area contributed by atoms with Crippen LogP contribution in [0.15, 0.2) is 24.3 Å². The molecule has 0 saturated carbocycles. The van der Waals surface area contributed by atoms with Crippen LogP contribution in [0.1, 0.15) is 22.0 Å². The molecule has 1 aromatic rings. The molecule has 0 saturated heterocycles. The molecule has 0 fully saturated rings. The molecule has 5 nitrogen and oxygen atoms in total. The lowest BCUT2D eigenvalue weighted by molar-refractivity contribution is -0.00235. The van der Waals surface area contributed by atoms with Crippen LogP contribution in [0.25, 0.3) is 0 Å². The van der Waals surface area contributed by atoms with Crippen LogP contribution in [0, 0.1) is 11.3 Å². The normalized spacial score (nSPS) is 27.6. The third-order valence-electron chi connectivity index (χ3n) is 3.09. The van der Waals surface area contributed by atoms with Gasteiger partial charge in [0.2, 0.25) is 10.0 Å². The highest BCUT2D eigenvalue weighted by Gasteiger charge is 2.44. The van der Waals surface area contributed by atoms with Crippen molar-refractivity contribution in [1.82, 2.24) is 4.31 Å². The Hall–Kier alpha value is -0.940. The van der Waals surface area contributed by atoms with Crippen molar-refractivity contribution < 1.29 is 13.2 Å². The Bertz CT molecular complexity index is 626. The number of nitriles is 1. The van der Waals surface area contributed by atoms with Crippen LogP contribution >= 0.6 is 15.9 Å². The summed E-state index contributed by atoms with van der Waals surface area (Å²) in [5.74, 6) is 0. The van der Waals surface area contributed by atoms with Crippen molar-refractivity contribution in [2.24, 2.45) is 0 Å². The highest BCUT2D eigenvalue weighted by molar-refractivity contribution is 9.09. The quantitative estimate of drug-likeness (QED) is 0.768. The number of benzene rings is 1. The Morgan fingerprint density at radius 2 is 1.95 bits per heavy atom. The molecule has 1 aromatic carbocycles. The van der Waals surface area contributed by atoms with E-state index in [1.54, 1.807) is 12.1 Å². The predicted octanol–water partition coefficient (Wildman–Crippen LogP) is 1.93. The molecule has 3 unspecified atom stereocenters. The van der Waals surface area contributed by atoms with E-state index in [-0.39, 0.29) is 4.83 Å². The number of halogens is 1. The summed E-state index contributed by atoms with van der Waals surface area (Å²) in [6.45, 7) is 0. The van der Waals surface area contributed by atoms with Gasteiger partial charge in [-0.25, -0.2) is 8.42 Å². The van der Waals surface area contributed by atoms with Crippen LogP contribution in [0.2, 0.25) is 0 Å². The largest absolute Gasteiger partial charge is 0.364 e. The molecule has 0 aliphatic carbocycles. The van der Waals surface area contributed by atoms with Crippen molar-refractivity contribution in [1.29, 1.82) is 5.26 Å². The molecular weight excluding hydrogens is 332 g/mol. The molecule has 0 spiro atoms. The number of alkyl halides is 1. The molecular formula is C12H13BrN2O3S. The van der Waals surface area contributed by atoms with E-state index >= 15 is 0 Å². The van der Waals surface area contributed by atoms with E-state index in [0.717, 1.165) is 16.1 Å². The van der Waals surface area contributed by atoms with Crippen LogP contribution in [0.5, 0.6) is 0 Å². The van der Waals surface area contributed by atoms with Crippen LogP contribution in [-0.4, -0.2) is 32.3 Å². The summed E-state index contributed by atoms with van der Waals surface area (Å²) in [5, 5.41) is 9.34. The minimum absolute atomic E-state index is 0.312. The predicted molar refractivity (Wildman–Crippen MR) is 73.9 cm³/mol. The Balaban J connectivity index is 2.67. The van der Waals surface area contributed by atoms with Crippen LogP contribution in [0.4, 0.5) is 0 Å². The van der Waals surface area contributed by atoms with Crippen molar-refractivity contribution in [3.63, 3.8) is 0 Å². The fourth-order valence-corrected chi connectivity index (χ4v) is 4.48. The van der Waals surface area contributed by atoms with Gasteiger partial charge in [0, 0.05) is 7.11 Å². The van der Waals surface area contributed by atoms with Gasteiger partial charge in [0.1, 0.15) is 12.3 Å². The molecule has 0 N–H and O–H groups in total. The monoisotopic (exact) mass is 344 g/mol. The summed E-state index contributed by atoms with van der Waals surface area (Å²) in [5.41, 5.74) is 1.56. The first kappa shape index (κ1) is 14.5. The average molecular weight is 345 g/mol. The van der Waals surface area contributed by atoms with Crippen molar-refractivity contribution in [2.45, 2.75) is 17.1 Å². The van der Waals surface area contributed by atoms with Crippen LogP contribution in [0.3, 0.4) is 0 Å². The molecule has 1 heterocycles. The molecule has 1 aliphatic heterocycles. The molecule has 102 valence electrons. The van der Waals surface area contributed by atoms with Gasteiger partial charge < -0.3 is 4.74 Å². The maximum absolute atomic E-state index is 12.0. The summed E-state index contributed by atoms with van der Waals surface area (Å²) in [6, 6.07) is 8.45. The lowest BCUT2D eigenvalue weighted by Crippen LogP contribution is -2.48. The third-order valence-corrected chi connectivity index (χ3v) is 5.22. The Labute approximate surface area is 121 Å². The minimum Gasteiger partial charge on any atom is -0.364 e. The summed E-state index contributed by atoms with van der Waals surface area (Å²) in [4.78, 5) is -0.312. The molecule has 7 heteroatoms. The molecule has 0 amide bonds. The number of nitrogens with zero attached hydrogens (tertiary/aromatic N) is 2. The minimum atomic E-state index is -3.57. The Kier molecular flexibility index (Phi) is 3.97. The van der Waals surface area contributed by atoms with E-state index in [0.29, 0.717) is 5.56 Å². The SMILES string of the molecule is COC1C(Br)c2ccccc2C(C#N)N1S(C)(=O)=O. The highest BCUT2D eigenvalue weighted by atomic mass is 79.9. The van der Waals surface area contributed by atoms with E-state index in [9.17, 15) is 13.7 Å². The van der Waals surface area contributed by atoms with Gasteiger partial charge in [-0.3, -0.25) is 0 Å². The van der Waals surface area contributed by atoms with Gasteiger partial charge in [0.15, 0.2) is 0 Å². The zero-order valence-corrected chi connectivity index (χ0v) is 12.8. The van der Waals surface area contributed by atoms with Gasteiger partial charge in [0.05, 0.1) is 17.2 Å². The highest BCUT2D eigenvalue weighted by Crippen LogP contribution is 2.44. The second kappa shape index (κ2) is 5.21. The molecule has 0 bridgehead atoms. The van der Waals surface area contributed by atoms with Crippen LogP contribution < -0.4 is 0 Å². The fraction of sp³-hybridized carbons (Fsp3) is 0.417. The zero-order chi connectivity index (χ0) is 14.2. The summed E-state index contributed by atoms with van der Waals surface area (Å²) in [6.07, 6.45) is 0.339. The molecule has 0 radical (unpaired) electrons. The van der Waals surface area contributed by atoms with Gasteiger partial charge in [-0.15, -0.1) is 0 Å². The van der Waals surface area contributed by atoms with Gasteiger partial charge in [-0.2, -0.15) is 9.57 Å². The molecule has 1 aliphatic rings. The number of methoxy groups -OCH3 is 1. The Morgan fingerprint density at radius 3 is 2.42 bits per heavy atom. The van der Waals surface area contributed by atoms with E-state index < -0.39 is 22.3 Å². The van der Waals surface area contributed by atoms with Gasteiger partial charge >= 0.3 is 0 Å². The fourth-order valence-electron chi connectivity index (χ4n) is 2.31. The van der Waals surface area contributed by atoms with E-state index in [4.69, 9.17) is 4.74 Å². The first-order valence-corrected chi connectivity index (χ1v) is 8.32. The van der Waals surface area contributed by atoms with E-state index in [1.165, 1.54) is 7.11 Å². The maximum atomic E-state index is 12.0. The van der Waals surface area contributed by atoms with Crippen LogP contribution in [-0.2, 0) is 14.8 Å². The second-order valence-corrected chi connectivity index (χ2v) is 7.16. The number of fused-ring (bicyclic) bond motifs is 1. The van der Waals surface area contributed by atoms with Gasteiger partial charge in [0.25, 0.3) is 0 Å². The van der Waals surface area contributed by atoms with E-state index in [2.05, 4.69) is 15.9 Å². The zero-order valence-electron chi connectivity index (χ0n) is 10.4. The summed E-state index contributed by atoms with van der Waals surface area (Å²) in [7, 11) is -2.14. The average Bonchev–Trinajstić information content (AvgIpc) is 2.37. The lowest BCUT2D eigenvalue weighted by Gasteiger charge is -2.40. The first-order valence-electron chi connectivity index (χ1n) is 5.55. The van der Waals surface area contributed by atoms with E-state index in [1.807, 2.05) is 18.2 Å². The summed E-state index contributed by atoms with van der Waals surface area (Å²) >= 11 is 3.46. The smallest absolute Gasteiger partial charge is 0.214 e. The number of rotatable bonds is 2. The number of ether oxygens (including phenoxy) is 1. The topological polar surface area (TPSA) is 70.4 Å². The number of hydrogen-bond donors (Lipinski definition) is 0. The van der Waals surface area contributed by atoms with Crippen molar-refractivity contribution >= 4 is 26.0 Å². The second-order valence-electron chi connectivity index (χ2n) is 4.28. The first-order chi connectivity index (χ1) is 8.91. The van der Waals surface area contributed by atoms with Gasteiger partial charge in [-0.1, -0.05) is 40.2 Å².